The Bertz CT molecular complexity index is 227. The van der Waals surface area contributed by atoms with E-state index in [1.807, 2.05) is 19.0 Å². The summed E-state index contributed by atoms with van der Waals surface area (Å²) in [5.74, 6) is -0.883. The second kappa shape index (κ2) is 9.23. The van der Waals surface area contributed by atoms with Gasteiger partial charge < -0.3 is 30.3 Å². The molecular formula is C11H24N2O5. The molecule has 0 spiro atoms. The van der Waals surface area contributed by atoms with Gasteiger partial charge in [0, 0.05) is 19.5 Å². The van der Waals surface area contributed by atoms with Crippen LogP contribution in [0, 0.1) is 0 Å². The number of carboxylic acids is 1. The van der Waals surface area contributed by atoms with Crippen molar-refractivity contribution in [3.8, 4) is 0 Å². The van der Waals surface area contributed by atoms with E-state index in [1.54, 1.807) is 6.92 Å². The molecule has 1 saturated heterocycles. The molecule has 0 bridgehead atoms. The number of rotatable bonds is 5. The number of aliphatic hydroxyl groups excluding tert-OH is 2. The van der Waals surface area contributed by atoms with Gasteiger partial charge in [0.1, 0.15) is 6.04 Å². The molecule has 1 heterocycles. The van der Waals surface area contributed by atoms with Gasteiger partial charge in [-0.1, -0.05) is 0 Å². The van der Waals surface area contributed by atoms with Crippen LogP contribution >= 0.6 is 0 Å². The predicted octanol–water partition coefficient (Wildman–Crippen LogP) is -1.30. The van der Waals surface area contributed by atoms with Crippen molar-refractivity contribution in [1.29, 1.82) is 0 Å². The number of β-amino-alcohol motifs (C(OH)–C–C–N with tert-alkyl or cyclic N) is 1. The van der Waals surface area contributed by atoms with Crippen molar-refractivity contribution < 1.29 is 24.9 Å². The second-order valence-electron chi connectivity index (χ2n) is 4.46. The lowest BCUT2D eigenvalue weighted by molar-refractivity contribution is -0.139. The van der Waals surface area contributed by atoms with Crippen molar-refractivity contribution in [2.45, 2.75) is 31.8 Å². The van der Waals surface area contributed by atoms with E-state index in [2.05, 4.69) is 5.32 Å². The average Bonchev–Trinajstić information content (AvgIpc) is 2.64. The zero-order valence-corrected chi connectivity index (χ0v) is 11.2. The molecule has 0 amide bonds. The first-order chi connectivity index (χ1) is 8.32. The SMILES string of the molecule is CC(O)OCCN(C)C.O=C(O)[C@@H]1CC(O)CN1. The predicted molar refractivity (Wildman–Crippen MR) is 66.2 cm³/mol. The molecule has 3 atom stereocenters. The van der Waals surface area contributed by atoms with Gasteiger partial charge >= 0.3 is 5.97 Å². The van der Waals surface area contributed by atoms with Gasteiger partial charge in [0.25, 0.3) is 0 Å². The third-order valence-electron chi connectivity index (χ3n) is 2.30. The lowest BCUT2D eigenvalue weighted by atomic mass is 10.2. The summed E-state index contributed by atoms with van der Waals surface area (Å²) < 4.78 is 4.87. The summed E-state index contributed by atoms with van der Waals surface area (Å²) in [5.41, 5.74) is 0. The van der Waals surface area contributed by atoms with Crippen LogP contribution in [0.25, 0.3) is 0 Å². The number of ether oxygens (including phenoxy) is 1. The van der Waals surface area contributed by atoms with Crippen molar-refractivity contribution in [1.82, 2.24) is 10.2 Å². The Labute approximate surface area is 107 Å². The molecule has 0 aromatic rings. The first kappa shape index (κ1) is 17.3. The molecule has 0 aliphatic carbocycles. The summed E-state index contributed by atoms with van der Waals surface area (Å²) in [6.07, 6.45) is -0.786. The van der Waals surface area contributed by atoms with Crippen LogP contribution in [0.3, 0.4) is 0 Å². The highest BCUT2D eigenvalue weighted by atomic mass is 16.6. The smallest absolute Gasteiger partial charge is 0.320 e. The molecule has 7 nitrogen and oxygen atoms in total. The summed E-state index contributed by atoms with van der Waals surface area (Å²) in [4.78, 5) is 12.2. The Morgan fingerprint density at radius 2 is 2.17 bits per heavy atom. The standard InChI is InChI=1S/C6H15NO2.C5H9NO3/c1-6(8)9-5-4-7(2)3;7-3-1-4(5(8)9)6-2-3/h6,8H,4-5H2,1-3H3;3-4,6-7H,1-2H2,(H,8,9)/t;3?,4-/m.0/s1. The van der Waals surface area contributed by atoms with E-state index in [1.165, 1.54) is 0 Å². The molecule has 0 radical (unpaired) electrons. The number of hydrogen-bond acceptors (Lipinski definition) is 6. The number of carboxylic acid groups (broad SMARTS) is 1. The highest BCUT2D eigenvalue weighted by Crippen LogP contribution is 2.05. The fraction of sp³-hybridized carbons (Fsp3) is 0.909. The maximum Gasteiger partial charge on any atom is 0.320 e. The van der Waals surface area contributed by atoms with Gasteiger partial charge in [-0.3, -0.25) is 4.79 Å². The first-order valence-electron chi connectivity index (χ1n) is 5.91. The normalized spacial score (nSPS) is 24.6. The van der Waals surface area contributed by atoms with Crippen LogP contribution in [0.15, 0.2) is 0 Å². The summed E-state index contributed by atoms with van der Waals surface area (Å²) >= 11 is 0. The highest BCUT2D eigenvalue weighted by molar-refractivity contribution is 5.73. The van der Waals surface area contributed by atoms with E-state index in [0.717, 1.165) is 6.54 Å². The first-order valence-corrected chi connectivity index (χ1v) is 5.91. The van der Waals surface area contributed by atoms with E-state index >= 15 is 0 Å². The summed E-state index contributed by atoms with van der Waals surface area (Å²) in [6, 6.07) is -0.542. The van der Waals surface area contributed by atoms with Crippen LogP contribution in [0.4, 0.5) is 0 Å². The molecule has 18 heavy (non-hydrogen) atoms. The summed E-state index contributed by atoms with van der Waals surface area (Å²) in [6.45, 7) is 3.45. The van der Waals surface area contributed by atoms with E-state index in [9.17, 15) is 4.79 Å². The molecular weight excluding hydrogens is 240 g/mol. The molecule has 2 unspecified atom stereocenters. The lowest BCUT2D eigenvalue weighted by Crippen LogP contribution is -2.29. The van der Waals surface area contributed by atoms with Gasteiger partial charge in [-0.2, -0.15) is 0 Å². The Morgan fingerprint density at radius 1 is 1.56 bits per heavy atom. The molecule has 4 N–H and O–H groups in total. The third-order valence-corrected chi connectivity index (χ3v) is 2.30. The van der Waals surface area contributed by atoms with Crippen molar-refractivity contribution in [3.05, 3.63) is 0 Å². The molecule has 1 aliphatic rings. The van der Waals surface area contributed by atoms with Crippen LogP contribution in [-0.2, 0) is 9.53 Å². The second-order valence-corrected chi connectivity index (χ2v) is 4.46. The largest absolute Gasteiger partial charge is 0.480 e. The quantitative estimate of drug-likeness (QED) is 0.458. The number of carbonyl (C=O) groups is 1. The molecule has 7 heteroatoms. The van der Waals surface area contributed by atoms with Gasteiger partial charge in [-0.15, -0.1) is 0 Å². The van der Waals surface area contributed by atoms with Crippen LogP contribution < -0.4 is 5.32 Å². The van der Waals surface area contributed by atoms with Gasteiger partial charge in [0.15, 0.2) is 6.29 Å². The van der Waals surface area contributed by atoms with Crippen molar-refractivity contribution >= 4 is 5.97 Å². The van der Waals surface area contributed by atoms with Crippen LogP contribution in [0.1, 0.15) is 13.3 Å². The molecule has 0 saturated carbocycles. The van der Waals surface area contributed by atoms with Crippen molar-refractivity contribution in [3.63, 3.8) is 0 Å². The van der Waals surface area contributed by atoms with Crippen molar-refractivity contribution in [2.75, 3.05) is 33.8 Å². The van der Waals surface area contributed by atoms with Gasteiger partial charge in [0.2, 0.25) is 0 Å². The Balaban J connectivity index is 0.000000321. The van der Waals surface area contributed by atoms with E-state index in [0.29, 0.717) is 19.6 Å². The zero-order valence-electron chi connectivity index (χ0n) is 11.2. The van der Waals surface area contributed by atoms with E-state index in [-0.39, 0.29) is 0 Å². The molecule has 108 valence electrons. The molecule has 0 aromatic carbocycles. The van der Waals surface area contributed by atoms with Crippen LogP contribution in [0.5, 0.6) is 0 Å². The Kier molecular flexibility index (Phi) is 8.86. The monoisotopic (exact) mass is 264 g/mol. The fourth-order valence-corrected chi connectivity index (χ4v) is 1.31. The number of aliphatic carboxylic acids is 1. The highest BCUT2D eigenvalue weighted by Gasteiger charge is 2.27. The Morgan fingerprint density at radius 3 is 2.44 bits per heavy atom. The number of likely N-dealkylation sites (N-methyl/N-ethyl adjacent to an activating group) is 1. The molecule has 1 fully saturated rings. The van der Waals surface area contributed by atoms with Crippen LogP contribution in [-0.4, -0.2) is 78.4 Å². The minimum atomic E-state index is -0.883. The summed E-state index contributed by atoms with van der Waals surface area (Å²) in [7, 11) is 3.93. The third kappa shape index (κ3) is 9.32. The maximum absolute atomic E-state index is 10.2. The zero-order chi connectivity index (χ0) is 14.1. The van der Waals surface area contributed by atoms with Crippen LogP contribution in [0.2, 0.25) is 0 Å². The topological polar surface area (TPSA) is 102 Å². The number of aliphatic hydroxyl groups is 2. The molecule has 1 aliphatic heterocycles. The van der Waals surface area contributed by atoms with Crippen molar-refractivity contribution in [2.24, 2.45) is 0 Å². The maximum atomic E-state index is 10.2. The number of nitrogens with zero attached hydrogens (tertiary/aromatic N) is 1. The minimum Gasteiger partial charge on any atom is -0.480 e. The Hall–Kier alpha value is -0.730. The lowest BCUT2D eigenvalue weighted by Gasteiger charge is -2.10. The molecule has 0 aromatic heterocycles. The minimum absolute atomic E-state index is 0.329. The van der Waals surface area contributed by atoms with Gasteiger partial charge in [-0.25, -0.2) is 0 Å². The fourth-order valence-electron chi connectivity index (χ4n) is 1.31. The molecule has 1 rings (SSSR count). The van der Waals surface area contributed by atoms with E-state index < -0.39 is 24.4 Å². The van der Waals surface area contributed by atoms with E-state index in [4.69, 9.17) is 20.1 Å². The summed E-state index contributed by atoms with van der Waals surface area (Å²) in [5, 5.41) is 28.5. The van der Waals surface area contributed by atoms with Gasteiger partial charge in [0.05, 0.1) is 12.7 Å². The van der Waals surface area contributed by atoms with Gasteiger partial charge in [-0.05, 0) is 21.0 Å². The number of hydrogen-bond donors (Lipinski definition) is 4. The average molecular weight is 264 g/mol. The number of nitrogens with one attached hydrogen (secondary N) is 1.